The summed E-state index contributed by atoms with van der Waals surface area (Å²) < 4.78 is 10.4. The van der Waals surface area contributed by atoms with Gasteiger partial charge < -0.3 is 15.2 Å². The molecule has 0 aromatic heterocycles. The minimum atomic E-state index is 0.0531. The Hall–Kier alpha value is -0.160. The zero-order valence-electron chi connectivity index (χ0n) is 10.9. The first-order chi connectivity index (χ1) is 7.59. The minimum absolute atomic E-state index is 0.0531. The molecule has 16 heavy (non-hydrogen) atoms. The molecular formula is C12H26N2O2. The SMILES string of the molecule is COCCCC(N)C(C)(C)N1CCOCC1. The van der Waals surface area contributed by atoms with Crippen LogP contribution in [0, 0.1) is 0 Å². The number of hydrogen-bond acceptors (Lipinski definition) is 4. The molecule has 4 heteroatoms. The molecule has 96 valence electrons. The standard InChI is InChI=1S/C12H26N2O2/c1-12(2,11(13)5-4-8-15-3)14-6-9-16-10-7-14/h11H,4-10,13H2,1-3H3. The molecule has 4 nitrogen and oxygen atoms in total. The normalized spacial score (nSPS) is 21.0. The Balaban J connectivity index is 2.40. The van der Waals surface area contributed by atoms with E-state index in [0.717, 1.165) is 45.8 Å². The number of hydrogen-bond donors (Lipinski definition) is 1. The van der Waals surface area contributed by atoms with E-state index in [1.54, 1.807) is 7.11 Å². The van der Waals surface area contributed by atoms with E-state index in [1.807, 2.05) is 0 Å². The van der Waals surface area contributed by atoms with Crippen LogP contribution in [0.1, 0.15) is 26.7 Å². The lowest BCUT2D eigenvalue weighted by molar-refractivity contribution is -0.0202. The van der Waals surface area contributed by atoms with Gasteiger partial charge in [0.1, 0.15) is 0 Å². The summed E-state index contributed by atoms with van der Waals surface area (Å²) in [5.41, 5.74) is 6.34. The molecule has 0 bridgehead atoms. The summed E-state index contributed by atoms with van der Waals surface area (Å²) in [6.45, 7) is 8.90. The van der Waals surface area contributed by atoms with Crippen LogP contribution in [0.5, 0.6) is 0 Å². The van der Waals surface area contributed by atoms with E-state index in [9.17, 15) is 0 Å². The Kier molecular flexibility index (Phi) is 5.69. The van der Waals surface area contributed by atoms with Crippen LogP contribution in [0.2, 0.25) is 0 Å². The van der Waals surface area contributed by atoms with E-state index in [0.29, 0.717) is 0 Å². The second-order valence-corrected chi connectivity index (χ2v) is 4.99. The first-order valence-corrected chi connectivity index (χ1v) is 6.16. The lowest BCUT2D eigenvalue weighted by Gasteiger charge is -2.44. The molecule has 1 aliphatic rings. The van der Waals surface area contributed by atoms with Crippen molar-refractivity contribution < 1.29 is 9.47 Å². The molecule has 1 unspecified atom stereocenters. The number of nitrogens with two attached hydrogens (primary N) is 1. The number of methoxy groups -OCH3 is 1. The summed E-state index contributed by atoms with van der Waals surface area (Å²) in [4.78, 5) is 2.44. The third-order valence-electron chi connectivity index (χ3n) is 3.60. The lowest BCUT2D eigenvalue weighted by Crippen LogP contribution is -2.59. The molecule has 1 saturated heterocycles. The molecule has 1 atom stereocenters. The lowest BCUT2D eigenvalue weighted by atomic mass is 9.89. The van der Waals surface area contributed by atoms with Gasteiger partial charge in [-0.1, -0.05) is 0 Å². The van der Waals surface area contributed by atoms with Crippen LogP contribution in [0.15, 0.2) is 0 Å². The summed E-state index contributed by atoms with van der Waals surface area (Å²) in [5, 5.41) is 0. The van der Waals surface area contributed by atoms with Gasteiger partial charge in [0.05, 0.1) is 13.2 Å². The zero-order valence-corrected chi connectivity index (χ0v) is 10.9. The summed E-state index contributed by atoms with van der Waals surface area (Å²) in [6, 6.07) is 0.195. The molecule has 1 rings (SSSR count). The van der Waals surface area contributed by atoms with Crippen molar-refractivity contribution >= 4 is 0 Å². The summed E-state index contributed by atoms with van der Waals surface area (Å²) >= 11 is 0. The molecule has 0 aliphatic carbocycles. The second kappa shape index (κ2) is 6.55. The highest BCUT2D eigenvalue weighted by Crippen LogP contribution is 2.21. The highest BCUT2D eigenvalue weighted by Gasteiger charge is 2.33. The molecule has 1 fully saturated rings. The Bertz CT molecular complexity index is 191. The predicted molar refractivity (Wildman–Crippen MR) is 65.6 cm³/mol. The van der Waals surface area contributed by atoms with Gasteiger partial charge in [0.2, 0.25) is 0 Å². The first kappa shape index (κ1) is 13.9. The van der Waals surface area contributed by atoms with Crippen molar-refractivity contribution in [3.63, 3.8) is 0 Å². The molecular weight excluding hydrogens is 204 g/mol. The van der Waals surface area contributed by atoms with Crippen molar-refractivity contribution in [1.82, 2.24) is 4.90 Å². The van der Waals surface area contributed by atoms with Crippen molar-refractivity contribution in [2.75, 3.05) is 40.0 Å². The van der Waals surface area contributed by atoms with E-state index in [-0.39, 0.29) is 11.6 Å². The number of nitrogens with zero attached hydrogens (tertiary/aromatic N) is 1. The number of rotatable bonds is 6. The van der Waals surface area contributed by atoms with Crippen molar-refractivity contribution in [2.24, 2.45) is 5.73 Å². The number of ether oxygens (including phenoxy) is 2. The summed E-state index contributed by atoms with van der Waals surface area (Å²) in [6.07, 6.45) is 2.05. The van der Waals surface area contributed by atoms with Gasteiger partial charge in [0.15, 0.2) is 0 Å². The van der Waals surface area contributed by atoms with E-state index in [1.165, 1.54) is 0 Å². The Morgan fingerprint density at radius 1 is 1.38 bits per heavy atom. The van der Waals surface area contributed by atoms with E-state index in [2.05, 4.69) is 18.7 Å². The van der Waals surface area contributed by atoms with Crippen molar-refractivity contribution in [3.8, 4) is 0 Å². The third kappa shape index (κ3) is 3.70. The third-order valence-corrected chi connectivity index (χ3v) is 3.60. The fourth-order valence-corrected chi connectivity index (χ4v) is 2.17. The average molecular weight is 230 g/mol. The molecule has 0 aromatic carbocycles. The van der Waals surface area contributed by atoms with E-state index in [4.69, 9.17) is 15.2 Å². The molecule has 0 radical (unpaired) electrons. The van der Waals surface area contributed by atoms with E-state index >= 15 is 0 Å². The highest BCUT2D eigenvalue weighted by atomic mass is 16.5. The van der Waals surface area contributed by atoms with Crippen molar-refractivity contribution in [3.05, 3.63) is 0 Å². The van der Waals surface area contributed by atoms with Crippen LogP contribution in [-0.2, 0) is 9.47 Å². The molecule has 1 heterocycles. The maximum atomic E-state index is 6.29. The minimum Gasteiger partial charge on any atom is -0.385 e. The maximum Gasteiger partial charge on any atom is 0.0594 e. The Morgan fingerprint density at radius 3 is 2.56 bits per heavy atom. The van der Waals surface area contributed by atoms with Gasteiger partial charge in [-0.2, -0.15) is 0 Å². The van der Waals surface area contributed by atoms with Gasteiger partial charge in [0, 0.05) is 38.4 Å². The molecule has 0 spiro atoms. The largest absolute Gasteiger partial charge is 0.385 e. The van der Waals surface area contributed by atoms with Gasteiger partial charge in [-0.3, -0.25) is 4.90 Å². The highest BCUT2D eigenvalue weighted by molar-refractivity contribution is 4.92. The predicted octanol–water partition coefficient (Wildman–Crippen LogP) is 0.851. The molecule has 0 aromatic rings. The maximum absolute atomic E-state index is 6.29. The Morgan fingerprint density at radius 2 is 2.00 bits per heavy atom. The topological polar surface area (TPSA) is 47.7 Å². The fraction of sp³-hybridized carbons (Fsp3) is 1.00. The van der Waals surface area contributed by atoms with Crippen molar-refractivity contribution in [2.45, 2.75) is 38.3 Å². The van der Waals surface area contributed by atoms with E-state index < -0.39 is 0 Å². The smallest absolute Gasteiger partial charge is 0.0594 e. The van der Waals surface area contributed by atoms with Crippen LogP contribution >= 0.6 is 0 Å². The van der Waals surface area contributed by atoms with Gasteiger partial charge >= 0.3 is 0 Å². The Labute approximate surface area is 99.1 Å². The molecule has 0 saturated carbocycles. The molecule has 2 N–H and O–H groups in total. The first-order valence-electron chi connectivity index (χ1n) is 6.16. The summed E-state index contributed by atoms with van der Waals surface area (Å²) in [5.74, 6) is 0. The van der Waals surface area contributed by atoms with Crippen LogP contribution in [0.25, 0.3) is 0 Å². The summed E-state index contributed by atoms with van der Waals surface area (Å²) in [7, 11) is 1.73. The van der Waals surface area contributed by atoms with Crippen LogP contribution in [0.4, 0.5) is 0 Å². The van der Waals surface area contributed by atoms with Gasteiger partial charge in [-0.15, -0.1) is 0 Å². The zero-order chi connectivity index (χ0) is 12.0. The van der Waals surface area contributed by atoms with Gasteiger partial charge in [-0.25, -0.2) is 0 Å². The quantitative estimate of drug-likeness (QED) is 0.687. The van der Waals surface area contributed by atoms with Gasteiger partial charge in [0.25, 0.3) is 0 Å². The number of morpholine rings is 1. The molecule has 1 aliphatic heterocycles. The molecule has 0 amide bonds. The fourth-order valence-electron chi connectivity index (χ4n) is 2.17. The van der Waals surface area contributed by atoms with Crippen LogP contribution in [0.3, 0.4) is 0 Å². The van der Waals surface area contributed by atoms with Crippen LogP contribution < -0.4 is 5.73 Å². The van der Waals surface area contributed by atoms with Crippen LogP contribution in [-0.4, -0.2) is 56.5 Å². The average Bonchev–Trinajstić information content (AvgIpc) is 2.30. The second-order valence-electron chi connectivity index (χ2n) is 4.99. The van der Waals surface area contributed by atoms with Crippen molar-refractivity contribution in [1.29, 1.82) is 0 Å². The van der Waals surface area contributed by atoms with Gasteiger partial charge in [-0.05, 0) is 26.7 Å². The monoisotopic (exact) mass is 230 g/mol.